The van der Waals surface area contributed by atoms with Gasteiger partial charge in [-0.05, 0) is 35.8 Å². The van der Waals surface area contributed by atoms with Crippen LogP contribution in [0.25, 0.3) is 17.2 Å². The van der Waals surface area contributed by atoms with E-state index in [1.807, 2.05) is 67.6 Å². The van der Waals surface area contributed by atoms with Crippen LogP contribution in [0, 0.1) is 0 Å². The van der Waals surface area contributed by atoms with Gasteiger partial charge in [0.05, 0.1) is 16.7 Å². The molecule has 2 aromatic rings. The standard InChI is InChI=1S/C24H24N2O2S/c1-3-23-22(15-21(17-25-23)19-11-6-5-7-12-19)24(27)20-13-9-8-10-18(14-20)16-26-29(28)4-2/h3,5-8,10-15,17,26H,1,4,9,16H2,2H3. The fourth-order valence-electron chi connectivity index (χ4n) is 3.02. The molecule has 148 valence electrons. The van der Waals surface area contributed by atoms with Crippen molar-refractivity contribution in [2.24, 2.45) is 0 Å². The molecule has 3 rings (SSSR count). The summed E-state index contributed by atoms with van der Waals surface area (Å²) < 4.78 is 14.6. The number of benzene rings is 1. The third-order valence-electron chi connectivity index (χ3n) is 4.57. The molecule has 0 amide bonds. The first-order valence-electron chi connectivity index (χ1n) is 9.54. The van der Waals surface area contributed by atoms with Crippen LogP contribution in [0.3, 0.4) is 0 Å². The largest absolute Gasteiger partial charge is 0.289 e. The first-order chi connectivity index (χ1) is 14.1. The van der Waals surface area contributed by atoms with Crippen LogP contribution >= 0.6 is 0 Å². The van der Waals surface area contributed by atoms with Crippen LogP contribution in [0.4, 0.5) is 0 Å². The van der Waals surface area contributed by atoms with Gasteiger partial charge in [0.25, 0.3) is 0 Å². The highest BCUT2D eigenvalue weighted by Crippen LogP contribution is 2.24. The van der Waals surface area contributed by atoms with Gasteiger partial charge in [0.2, 0.25) is 0 Å². The maximum absolute atomic E-state index is 13.3. The Morgan fingerprint density at radius 1 is 1.28 bits per heavy atom. The van der Waals surface area contributed by atoms with E-state index in [-0.39, 0.29) is 5.78 Å². The minimum atomic E-state index is -1.07. The third kappa shape index (κ3) is 5.34. The van der Waals surface area contributed by atoms with E-state index < -0.39 is 11.0 Å². The number of nitrogens with zero attached hydrogens (tertiary/aromatic N) is 1. The molecule has 1 aliphatic rings. The maximum atomic E-state index is 13.3. The molecule has 0 fully saturated rings. The fraction of sp³-hybridized carbons (Fsp3) is 0.167. The van der Waals surface area contributed by atoms with Crippen LogP contribution in [-0.2, 0) is 11.0 Å². The van der Waals surface area contributed by atoms with E-state index in [2.05, 4.69) is 16.3 Å². The van der Waals surface area contributed by atoms with Gasteiger partial charge in [-0.3, -0.25) is 9.78 Å². The van der Waals surface area contributed by atoms with Gasteiger partial charge in [0, 0.05) is 35.2 Å². The van der Waals surface area contributed by atoms with Crippen LogP contribution < -0.4 is 4.72 Å². The van der Waals surface area contributed by atoms with Crippen molar-refractivity contribution in [2.75, 3.05) is 12.3 Å². The summed E-state index contributed by atoms with van der Waals surface area (Å²) in [7, 11) is -1.07. The number of carbonyl (C=O) groups is 1. The molecular weight excluding hydrogens is 380 g/mol. The first kappa shape index (κ1) is 20.8. The number of hydrogen-bond donors (Lipinski definition) is 1. The lowest BCUT2D eigenvalue weighted by Gasteiger charge is -2.10. The Kier molecular flexibility index (Phi) is 7.22. The molecule has 1 unspecified atom stereocenters. The van der Waals surface area contributed by atoms with Crippen LogP contribution in [0.5, 0.6) is 0 Å². The van der Waals surface area contributed by atoms with E-state index in [1.165, 1.54) is 0 Å². The van der Waals surface area contributed by atoms with Crippen LogP contribution in [0.2, 0.25) is 0 Å². The molecule has 0 saturated heterocycles. The monoisotopic (exact) mass is 404 g/mol. The topological polar surface area (TPSA) is 59.1 Å². The molecule has 4 nitrogen and oxygen atoms in total. The normalized spacial score (nSPS) is 14.5. The molecule has 1 atom stereocenters. The Morgan fingerprint density at radius 2 is 2.07 bits per heavy atom. The Morgan fingerprint density at radius 3 is 2.79 bits per heavy atom. The lowest BCUT2D eigenvalue weighted by atomic mass is 9.96. The second-order valence-electron chi connectivity index (χ2n) is 6.53. The van der Waals surface area contributed by atoms with Crippen LogP contribution in [0.1, 0.15) is 29.4 Å². The molecule has 1 aliphatic carbocycles. The van der Waals surface area contributed by atoms with Gasteiger partial charge in [-0.1, -0.05) is 62.1 Å². The summed E-state index contributed by atoms with van der Waals surface area (Å²) in [6.45, 7) is 6.11. The van der Waals surface area contributed by atoms with Crippen molar-refractivity contribution in [1.82, 2.24) is 9.71 Å². The molecule has 0 bridgehead atoms. The van der Waals surface area contributed by atoms with E-state index in [0.717, 1.165) is 16.7 Å². The highest BCUT2D eigenvalue weighted by Gasteiger charge is 2.17. The molecule has 0 saturated carbocycles. The SMILES string of the molecule is C=Cc1ncc(-c2ccccc2)cc1C(=O)C1=CCC=CC(CNS(=O)CC)=C1. The summed E-state index contributed by atoms with van der Waals surface area (Å²) >= 11 is 0. The molecule has 1 N–H and O–H groups in total. The summed E-state index contributed by atoms with van der Waals surface area (Å²) in [4.78, 5) is 17.8. The molecule has 0 aliphatic heterocycles. The minimum Gasteiger partial charge on any atom is -0.289 e. The molecule has 0 radical (unpaired) electrons. The van der Waals surface area contributed by atoms with E-state index >= 15 is 0 Å². The molecule has 1 heterocycles. The molecule has 5 heteroatoms. The summed E-state index contributed by atoms with van der Waals surface area (Å²) in [6, 6.07) is 11.7. The summed E-state index contributed by atoms with van der Waals surface area (Å²) in [5.41, 5.74) is 4.49. The highest BCUT2D eigenvalue weighted by molar-refractivity contribution is 7.82. The Bertz CT molecular complexity index is 1020. The number of aromatic nitrogens is 1. The molecule has 0 spiro atoms. The summed E-state index contributed by atoms with van der Waals surface area (Å²) in [5, 5.41) is 0. The Labute approximate surface area is 174 Å². The van der Waals surface area contributed by atoms with Crippen molar-refractivity contribution < 1.29 is 9.00 Å². The van der Waals surface area contributed by atoms with Gasteiger partial charge in [-0.25, -0.2) is 8.93 Å². The van der Waals surface area contributed by atoms with E-state index in [9.17, 15) is 9.00 Å². The van der Waals surface area contributed by atoms with Gasteiger partial charge in [-0.2, -0.15) is 0 Å². The minimum absolute atomic E-state index is 0.0944. The third-order valence-corrected chi connectivity index (χ3v) is 5.56. The van der Waals surface area contributed by atoms with Crippen molar-refractivity contribution in [3.63, 3.8) is 0 Å². The number of nitrogens with one attached hydrogen (secondary N) is 1. The lowest BCUT2D eigenvalue weighted by Crippen LogP contribution is -2.21. The number of Topliss-reactive ketones (excluding diaryl/α,β-unsaturated/α-hetero) is 1. The number of ketones is 1. The predicted octanol–water partition coefficient (Wildman–Crippen LogP) is 4.66. The number of allylic oxidation sites excluding steroid dienone is 4. The van der Waals surface area contributed by atoms with E-state index in [1.54, 1.807) is 12.3 Å². The zero-order valence-corrected chi connectivity index (χ0v) is 17.2. The number of hydrogen-bond acceptors (Lipinski definition) is 3. The maximum Gasteiger partial charge on any atom is 0.194 e. The van der Waals surface area contributed by atoms with E-state index in [0.29, 0.717) is 35.5 Å². The van der Waals surface area contributed by atoms with Crippen LogP contribution in [0.15, 0.2) is 84.6 Å². The molecule has 29 heavy (non-hydrogen) atoms. The van der Waals surface area contributed by atoms with Crippen LogP contribution in [-0.4, -0.2) is 27.3 Å². The van der Waals surface area contributed by atoms with Gasteiger partial charge < -0.3 is 0 Å². The second kappa shape index (κ2) is 10.0. The number of pyridine rings is 1. The Balaban J connectivity index is 1.93. The molecule has 1 aromatic carbocycles. The molecule has 1 aromatic heterocycles. The highest BCUT2D eigenvalue weighted by atomic mass is 32.2. The van der Waals surface area contributed by atoms with Crippen molar-refractivity contribution in [3.05, 3.63) is 95.9 Å². The summed E-state index contributed by atoms with van der Waals surface area (Å²) in [6.07, 6.45) is 11.7. The van der Waals surface area contributed by atoms with Crippen molar-refractivity contribution in [1.29, 1.82) is 0 Å². The average molecular weight is 405 g/mol. The smallest absolute Gasteiger partial charge is 0.194 e. The Hall–Kier alpha value is -2.89. The summed E-state index contributed by atoms with van der Waals surface area (Å²) in [5.74, 6) is 0.446. The van der Waals surface area contributed by atoms with Gasteiger partial charge >= 0.3 is 0 Å². The lowest BCUT2D eigenvalue weighted by molar-refractivity contribution is 0.103. The quantitative estimate of drug-likeness (QED) is 0.651. The van der Waals surface area contributed by atoms with Gasteiger partial charge in [0.15, 0.2) is 5.78 Å². The predicted molar refractivity (Wildman–Crippen MR) is 121 cm³/mol. The molecular formula is C24H24N2O2S. The fourth-order valence-corrected chi connectivity index (χ4v) is 3.55. The number of rotatable bonds is 8. The van der Waals surface area contributed by atoms with Gasteiger partial charge in [-0.15, -0.1) is 0 Å². The zero-order valence-electron chi connectivity index (χ0n) is 16.4. The van der Waals surface area contributed by atoms with Crippen molar-refractivity contribution >= 4 is 22.8 Å². The van der Waals surface area contributed by atoms with Gasteiger partial charge in [0.1, 0.15) is 0 Å². The van der Waals surface area contributed by atoms with Crippen molar-refractivity contribution in [3.8, 4) is 11.1 Å². The van der Waals surface area contributed by atoms with Crippen molar-refractivity contribution in [2.45, 2.75) is 13.3 Å². The first-order valence-corrected chi connectivity index (χ1v) is 10.9. The zero-order chi connectivity index (χ0) is 20.6. The second-order valence-corrected chi connectivity index (χ2v) is 8.09. The average Bonchev–Trinajstić information content (AvgIpc) is 3.03. The van der Waals surface area contributed by atoms with E-state index in [4.69, 9.17) is 0 Å². The number of carbonyl (C=O) groups excluding carboxylic acids is 1.